The Bertz CT molecular complexity index is 539. The van der Waals surface area contributed by atoms with Crippen LogP contribution in [0.1, 0.15) is 24.2 Å². The molecule has 1 aromatic carbocycles. The summed E-state index contributed by atoms with van der Waals surface area (Å²) in [5.41, 5.74) is 0.0899. The molecule has 0 aliphatic carbocycles. The smallest absolute Gasteiger partial charge is 0.338 e. The van der Waals surface area contributed by atoms with Gasteiger partial charge in [0.25, 0.3) is 0 Å². The third-order valence-electron chi connectivity index (χ3n) is 1.82. The fraction of sp³-hybridized carbons (Fsp3) is 0.300. The second-order valence-corrected chi connectivity index (χ2v) is 5.58. The molecule has 0 fully saturated rings. The largest absolute Gasteiger partial charge is 0.459 e. The molecule has 0 saturated heterocycles. The van der Waals surface area contributed by atoms with Gasteiger partial charge in [-0.15, -0.1) is 0 Å². The van der Waals surface area contributed by atoms with Crippen molar-refractivity contribution < 1.29 is 17.9 Å². The minimum Gasteiger partial charge on any atom is -0.459 e. The lowest BCUT2D eigenvalue weighted by Gasteiger charge is -2.09. The number of benzene rings is 1. The van der Waals surface area contributed by atoms with Crippen LogP contribution in [0.15, 0.2) is 23.1 Å². The summed E-state index contributed by atoms with van der Waals surface area (Å²) in [5.74, 6) is -0.624. The Labute approximate surface area is 105 Å². The number of nitrogens with two attached hydrogens (primary N) is 1. The van der Waals surface area contributed by atoms with Crippen molar-refractivity contribution >= 4 is 27.6 Å². The van der Waals surface area contributed by atoms with Crippen LogP contribution in [0.2, 0.25) is 5.02 Å². The molecular formula is C10H12ClNO4S. The van der Waals surface area contributed by atoms with E-state index in [1.807, 2.05) is 0 Å². The van der Waals surface area contributed by atoms with Crippen LogP contribution in [0.4, 0.5) is 0 Å². The average Bonchev–Trinajstić information content (AvgIpc) is 2.15. The molecular weight excluding hydrogens is 266 g/mol. The van der Waals surface area contributed by atoms with Gasteiger partial charge in [-0.05, 0) is 32.0 Å². The van der Waals surface area contributed by atoms with E-state index in [4.69, 9.17) is 21.5 Å². The Morgan fingerprint density at radius 2 is 2.00 bits per heavy atom. The summed E-state index contributed by atoms with van der Waals surface area (Å²) in [6.45, 7) is 3.38. The molecule has 0 aromatic heterocycles. The van der Waals surface area contributed by atoms with Crippen LogP contribution >= 0.6 is 11.6 Å². The maximum atomic E-state index is 11.5. The van der Waals surface area contributed by atoms with Gasteiger partial charge in [0.15, 0.2) is 0 Å². The van der Waals surface area contributed by atoms with E-state index < -0.39 is 16.0 Å². The van der Waals surface area contributed by atoms with Gasteiger partial charge in [0.05, 0.1) is 16.7 Å². The Morgan fingerprint density at radius 3 is 2.47 bits per heavy atom. The highest BCUT2D eigenvalue weighted by Crippen LogP contribution is 2.22. The summed E-state index contributed by atoms with van der Waals surface area (Å²) < 4.78 is 27.3. The highest BCUT2D eigenvalue weighted by Gasteiger charge is 2.17. The van der Waals surface area contributed by atoms with Gasteiger partial charge in [-0.25, -0.2) is 18.4 Å². The fourth-order valence-electron chi connectivity index (χ4n) is 1.13. The molecule has 0 atom stereocenters. The molecule has 0 amide bonds. The molecule has 0 bridgehead atoms. The molecule has 0 radical (unpaired) electrons. The number of ether oxygens (including phenoxy) is 1. The van der Waals surface area contributed by atoms with Crippen molar-refractivity contribution in [2.24, 2.45) is 5.14 Å². The lowest BCUT2D eigenvalue weighted by molar-refractivity contribution is 0.0377. The predicted octanol–water partition coefficient (Wildman–Crippen LogP) is 1.55. The van der Waals surface area contributed by atoms with Crippen molar-refractivity contribution in [3.05, 3.63) is 28.8 Å². The molecule has 0 saturated carbocycles. The van der Waals surface area contributed by atoms with Crippen LogP contribution < -0.4 is 5.14 Å². The summed E-state index contributed by atoms with van der Waals surface area (Å²) in [5, 5.41) is 4.93. The zero-order valence-corrected chi connectivity index (χ0v) is 10.9. The van der Waals surface area contributed by atoms with E-state index in [0.717, 1.165) is 6.07 Å². The van der Waals surface area contributed by atoms with Crippen LogP contribution in [0, 0.1) is 0 Å². The van der Waals surface area contributed by atoms with Gasteiger partial charge in [0, 0.05) is 0 Å². The quantitative estimate of drug-likeness (QED) is 0.849. The van der Waals surface area contributed by atoms with E-state index in [9.17, 15) is 13.2 Å². The van der Waals surface area contributed by atoms with Crippen LogP contribution in [-0.2, 0) is 14.8 Å². The molecule has 0 aliphatic rings. The van der Waals surface area contributed by atoms with E-state index in [-0.39, 0.29) is 21.6 Å². The minimum absolute atomic E-state index is 0.0337. The molecule has 0 unspecified atom stereocenters. The summed E-state index contributed by atoms with van der Waals surface area (Å²) >= 11 is 5.68. The number of carbonyl (C=O) groups is 1. The lowest BCUT2D eigenvalue weighted by atomic mass is 10.2. The molecule has 1 rings (SSSR count). The molecule has 0 spiro atoms. The van der Waals surface area contributed by atoms with Crippen LogP contribution in [0.5, 0.6) is 0 Å². The first kappa shape index (κ1) is 14.0. The van der Waals surface area contributed by atoms with E-state index in [1.54, 1.807) is 13.8 Å². The highest BCUT2D eigenvalue weighted by molar-refractivity contribution is 7.89. The molecule has 94 valence electrons. The summed E-state index contributed by atoms with van der Waals surface area (Å²) in [7, 11) is -3.96. The van der Waals surface area contributed by atoms with Gasteiger partial charge in [0.1, 0.15) is 4.90 Å². The highest BCUT2D eigenvalue weighted by atomic mass is 35.5. The summed E-state index contributed by atoms with van der Waals surface area (Å²) in [6, 6.07) is 3.77. The second-order valence-electron chi connectivity index (χ2n) is 3.64. The fourth-order valence-corrected chi connectivity index (χ4v) is 2.20. The van der Waals surface area contributed by atoms with Gasteiger partial charge in [0.2, 0.25) is 10.0 Å². The number of rotatable bonds is 3. The molecule has 17 heavy (non-hydrogen) atoms. The SMILES string of the molecule is CC(C)OC(=O)c1ccc(Cl)c(S(N)(=O)=O)c1. The van der Waals surface area contributed by atoms with Crippen molar-refractivity contribution in [3.63, 3.8) is 0 Å². The van der Waals surface area contributed by atoms with E-state index in [2.05, 4.69) is 0 Å². The first-order valence-corrected chi connectivity index (χ1v) is 6.67. The molecule has 5 nitrogen and oxygen atoms in total. The predicted molar refractivity (Wildman–Crippen MR) is 63.4 cm³/mol. The van der Waals surface area contributed by atoms with Crippen molar-refractivity contribution in [2.75, 3.05) is 0 Å². The number of primary sulfonamides is 1. The zero-order valence-electron chi connectivity index (χ0n) is 9.31. The van der Waals surface area contributed by atoms with Gasteiger partial charge >= 0.3 is 5.97 Å². The molecule has 0 aliphatic heterocycles. The Hall–Kier alpha value is -1.11. The molecule has 0 heterocycles. The Morgan fingerprint density at radius 1 is 1.41 bits per heavy atom. The lowest BCUT2D eigenvalue weighted by Crippen LogP contribution is -2.15. The van der Waals surface area contributed by atoms with Crippen LogP contribution in [-0.4, -0.2) is 20.5 Å². The van der Waals surface area contributed by atoms with Crippen molar-refractivity contribution in [1.29, 1.82) is 0 Å². The topological polar surface area (TPSA) is 86.5 Å². The number of carbonyl (C=O) groups excluding carboxylic acids is 1. The maximum absolute atomic E-state index is 11.5. The Balaban J connectivity index is 3.18. The van der Waals surface area contributed by atoms with Crippen molar-refractivity contribution in [3.8, 4) is 0 Å². The zero-order chi connectivity index (χ0) is 13.2. The van der Waals surface area contributed by atoms with E-state index in [0.29, 0.717) is 0 Å². The molecule has 2 N–H and O–H groups in total. The second kappa shape index (κ2) is 5.03. The monoisotopic (exact) mass is 277 g/mol. The maximum Gasteiger partial charge on any atom is 0.338 e. The minimum atomic E-state index is -3.96. The third kappa shape index (κ3) is 3.69. The summed E-state index contributed by atoms with van der Waals surface area (Å²) in [6.07, 6.45) is -0.295. The van der Waals surface area contributed by atoms with E-state index >= 15 is 0 Å². The number of halogens is 1. The number of sulfonamides is 1. The van der Waals surface area contributed by atoms with Gasteiger partial charge in [-0.2, -0.15) is 0 Å². The van der Waals surface area contributed by atoms with Crippen LogP contribution in [0.25, 0.3) is 0 Å². The van der Waals surface area contributed by atoms with E-state index in [1.165, 1.54) is 12.1 Å². The van der Waals surface area contributed by atoms with Crippen molar-refractivity contribution in [2.45, 2.75) is 24.8 Å². The van der Waals surface area contributed by atoms with Crippen LogP contribution in [0.3, 0.4) is 0 Å². The van der Waals surface area contributed by atoms with Gasteiger partial charge in [-0.3, -0.25) is 0 Å². The first-order valence-electron chi connectivity index (χ1n) is 4.75. The molecule has 7 heteroatoms. The van der Waals surface area contributed by atoms with Gasteiger partial charge in [-0.1, -0.05) is 11.6 Å². The molecule has 1 aromatic rings. The van der Waals surface area contributed by atoms with Crippen molar-refractivity contribution in [1.82, 2.24) is 0 Å². The number of hydrogen-bond donors (Lipinski definition) is 1. The normalized spacial score (nSPS) is 11.6. The first-order chi connectivity index (χ1) is 7.71. The summed E-state index contributed by atoms with van der Waals surface area (Å²) in [4.78, 5) is 11.3. The standard InChI is InChI=1S/C10H12ClNO4S/c1-6(2)16-10(13)7-3-4-8(11)9(5-7)17(12,14)15/h3-6H,1-2H3,(H2,12,14,15). The third-order valence-corrected chi connectivity index (χ3v) is 3.21. The number of hydrogen-bond acceptors (Lipinski definition) is 4. The number of esters is 1. The van der Waals surface area contributed by atoms with Gasteiger partial charge < -0.3 is 4.74 Å². The Kier molecular flexibility index (Phi) is 4.13. The average molecular weight is 278 g/mol.